The van der Waals surface area contributed by atoms with E-state index in [4.69, 9.17) is 0 Å². The van der Waals surface area contributed by atoms with Crippen molar-refractivity contribution < 1.29 is 0 Å². The Hall–Kier alpha value is -0.630. The van der Waals surface area contributed by atoms with Gasteiger partial charge in [0.05, 0.1) is 5.37 Å². The number of rotatable bonds is 3. The minimum atomic E-state index is -0.512. The average Bonchev–Trinajstić information content (AvgIpc) is 2.04. The van der Waals surface area contributed by atoms with Crippen molar-refractivity contribution in [2.45, 2.75) is 12.3 Å². The molecule has 1 atom stereocenters. The Bertz CT molecular complexity index is 251. The predicted molar refractivity (Wildman–Crippen MR) is 64.9 cm³/mol. The maximum Gasteiger partial charge on any atom is 0.0536 e. The standard InChI is InChI=1S/C11H19NS/c1-10(13(2,3)4)12-11-8-6-5-7-9-11/h5-10,12H,1-4H3. The van der Waals surface area contributed by atoms with Gasteiger partial charge in [0.25, 0.3) is 0 Å². The minimum absolute atomic E-state index is 0.512. The van der Waals surface area contributed by atoms with Crippen LogP contribution in [0, 0.1) is 0 Å². The topological polar surface area (TPSA) is 12.0 Å². The highest BCUT2D eigenvalue weighted by molar-refractivity contribution is 8.32. The molecular formula is C11H19NS. The molecule has 1 rings (SSSR count). The summed E-state index contributed by atoms with van der Waals surface area (Å²) in [5.74, 6) is 0. The van der Waals surface area contributed by atoms with Gasteiger partial charge >= 0.3 is 0 Å². The molecule has 0 heterocycles. The summed E-state index contributed by atoms with van der Waals surface area (Å²) in [5, 5.41) is 4.08. The summed E-state index contributed by atoms with van der Waals surface area (Å²) >= 11 is 0. The van der Waals surface area contributed by atoms with Crippen LogP contribution >= 0.6 is 10.0 Å². The summed E-state index contributed by atoms with van der Waals surface area (Å²) in [6.07, 6.45) is 6.98. The number of benzene rings is 1. The van der Waals surface area contributed by atoms with E-state index in [1.807, 2.05) is 6.07 Å². The second-order valence-corrected chi connectivity index (χ2v) is 8.66. The van der Waals surface area contributed by atoms with E-state index in [0.29, 0.717) is 5.37 Å². The molecule has 74 valence electrons. The van der Waals surface area contributed by atoms with Gasteiger partial charge < -0.3 is 5.32 Å². The molecule has 0 spiro atoms. The number of anilines is 1. The average molecular weight is 197 g/mol. The lowest BCUT2D eigenvalue weighted by Gasteiger charge is -2.34. The van der Waals surface area contributed by atoms with Crippen LogP contribution in [0.4, 0.5) is 5.69 Å². The molecular weight excluding hydrogens is 178 g/mol. The zero-order valence-corrected chi connectivity index (χ0v) is 9.69. The molecule has 0 aliphatic rings. The van der Waals surface area contributed by atoms with Gasteiger partial charge in [0.1, 0.15) is 0 Å². The molecule has 0 bridgehead atoms. The fourth-order valence-electron chi connectivity index (χ4n) is 0.946. The minimum Gasteiger partial charge on any atom is -0.375 e. The van der Waals surface area contributed by atoms with E-state index in [9.17, 15) is 0 Å². The maximum atomic E-state index is 3.52. The molecule has 0 saturated heterocycles. The first kappa shape index (κ1) is 10.5. The van der Waals surface area contributed by atoms with Crippen LogP contribution < -0.4 is 5.32 Å². The Kier molecular flexibility index (Phi) is 3.26. The molecule has 0 fully saturated rings. The van der Waals surface area contributed by atoms with Crippen molar-refractivity contribution in [3.8, 4) is 0 Å². The van der Waals surface area contributed by atoms with E-state index >= 15 is 0 Å². The molecule has 2 heteroatoms. The number of hydrogen-bond donors (Lipinski definition) is 1. The van der Waals surface area contributed by atoms with Gasteiger partial charge in [0.15, 0.2) is 0 Å². The monoisotopic (exact) mass is 197 g/mol. The molecule has 1 aromatic rings. The van der Waals surface area contributed by atoms with Crippen molar-refractivity contribution in [1.82, 2.24) is 0 Å². The first-order valence-electron chi connectivity index (χ1n) is 4.49. The number of nitrogens with one attached hydrogen (secondary N) is 1. The number of para-hydroxylation sites is 1. The first-order valence-corrected chi connectivity index (χ1v) is 7.41. The predicted octanol–water partition coefficient (Wildman–Crippen LogP) is 3.14. The van der Waals surface area contributed by atoms with Crippen molar-refractivity contribution >= 4 is 15.7 Å². The second-order valence-electron chi connectivity index (χ2n) is 4.08. The normalized spacial score (nSPS) is 15.1. The maximum absolute atomic E-state index is 3.52. The van der Waals surface area contributed by atoms with Crippen molar-refractivity contribution in [1.29, 1.82) is 0 Å². The van der Waals surface area contributed by atoms with Gasteiger partial charge in [-0.3, -0.25) is 0 Å². The molecule has 0 saturated carbocycles. The fraction of sp³-hybridized carbons (Fsp3) is 0.455. The summed E-state index contributed by atoms with van der Waals surface area (Å²) in [7, 11) is -0.512. The summed E-state index contributed by atoms with van der Waals surface area (Å²) in [5.41, 5.74) is 1.22. The molecule has 0 radical (unpaired) electrons. The van der Waals surface area contributed by atoms with Crippen molar-refractivity contribution in [3.05, 3.63) is 30.3 Å². The highest BCUT2D eigenvalue weighted by Gasteiger charge is 2.13. The third-order valence-corrected chi connectivity index (χ3v) is 4.44. The fourth-order valence-corrected chi connectivity index (χ4v) is 1.44. The first-order chi connectivity index (χ1) is 6.00. The van der Waals surface area contributed by atoms with Crippen LogP contribution in [0.15, 0.2) is 30.3 Å². The molecule has 1 aromatic carbocycles. The lowest BCUT2D eigenvalue weighted by Crippen LogP contribution is -2.21. The van der Waals surface area contributed by atoms with Gasteiger partial charge in [0.2, 0.25) is 0 Å². The molecule has 1 unspecified atom stereocenters. The quantitative estimate of drug-likeness (QED) is 0.785. The molecule has 0 aliphatic carbocycles. The van der Waals surface area contributed by atoms with E-state index in [1.54, 1.807) is 0 Å². The van der Waals surface area contributed by atoms with Crippen LogP contribution in [-0.4, -0.2) is 24.1 Å². The highest BCUT2D eigenvalue weighted by Crippen LogP contribution is 2.40. The van der Waals surface area contributed by atoms with Crippen LogP contribution in [0.3, 0.4) is 0 Å². The Morgan fingerprint density at radius 2 is 1.62 bits per heavy atom. The van der Waals surface area contributed by atoms with E-state index in [0.717, 1.165) is 0 Å². The number of hydrogen-bond acceptors (Lipinski definition) is 1. The largest absolute Gasteiger partial charge is 0.375 e. The van der Waals surface area contributed by atoms with Crippen molar-refractivity contribution in [3.63, 3.8) is 0 Å². The van der Waals surface area contributed by atoms with Gasteiger partial charge in [-0.25, -0.2) is 10.0 Å². The van der Waals surface area contributed by atoms with Crippen LogP contribution in [0.1, 0.15) is 6.92 Å². The van der Waals surface area contributed by atoms with E-state index in [2.05, 4.69) is 55.3 Å². The third kappa shape index (κ3) is 3.31. The molecule has 0 aromatic heterocycles. The molecule has 1 N–H and O–H groups in total. The lowest BCUT2D eigenvalue weighted by molar-refractivity contribution is 1.11. The van der Waals surface area contributed by atoms with Crippen LogP contribution in [-0.2, 0) is 0 Å². The Labute approximate surface area is 82.9 Å². The van der Waals surface area contributed by atoms with Crippen molar-refractivity contribution in [2.75, 3.05) is 24.1 Å². The van der Waals surface area contributed by atoms with E-state index in [-0.39, 0.29) is 0 Å². The lowest BCUT2D eigenvalue weighted by atomic mass is 10.3. The van der Waals surface area contributed by atoms with E-state index in [1.165, 1.54) is 5.69 Å². The highest BCUT2D eigenvalue weighted by atomic mass is 32.3. The Morgan fingerprint density at radius 1 is 1.08 bits per heavy atom. The SMILES string of the molecule is CC(Nc1ccccc1)S(C)(C)C. The van der Waals surface area contributed by atoms with Gasteiger partial charge in [-0.2, -0.15) is 0 Å². The van der Waals surface area contributed by atoms with Gasteiger partial charge in [0, 0.05) is 5.69 Å². The Balaban J connectivity index is 2.61. The van der Waals surface area contributed by atoms with Crippen LogP contribution in [0.5, 0.6) is 0 Å². The zero-order valence-electron chi connectivity index (χ0n) is 8.87. The van der Waals surface area contributed by atoms with Gasteiger partial charge in [-0.1, -0.05) is 18.2 Å². The Morgan fingerprint density at radius 3 is 2.08 bits per heavy atom. The third-order valence-electron chi connectivity index (χ3n) is 2.20. The second kappa shape index (κ2) is 4.05. The smallest absolute Gasteiger partial charge is 0.0536 e. The molecule has 1 nitrogen and oxygen atoms in total. The molecule has 13 heavy (non-hydrogen) atoms. The van der Waals surface area contributed by atoms with Gasteiger partial charge in [-0.05, 0) is 37.8 Å². The summed E-state index contributed by atoms with van der Waals surface area (Å²) < 4.78 is 0. The zero-order chi connectivity index (χ0) is 9.90. The summed E-state index contributed by atoms with van der Waals surface area (Å²) in [4.78, 5) is 0. The van der Waals surface area contributed by atoms with E-state index < -0.39 is 10.0 Å². The summed E-state index contributed by atoms with van der Waals surface area (Å²) in [6, 6.07) is 10.4. The van der Waals surface area contributed by atoms with Gasteiger partial charge in [-0.15, -0.1) is 0 Å². The molecule has 0 aliphatic heterocycles. The van der Waals surface area contributed by atoms with Crippen LogP contribution in [0.2, 0.25) is 0 Å². The van der Waals surface area contributed by atoms with Crippen LogP contribution in [0.25, 0.3) is 0 Å². The molecule has 0 amide bonds. The summed E-state index contributed by atoms with van der Waals surface area (Å²) in [6.45, 7) is 2.25. The van der Waals surface area contributed by atoms with Crippen molar-refractivity contribution in [2.24, 2.45) is 0 Å².